The normalized spacial score (nSPS) is 23.6. The van der Waals surface area contributed by atoms with Gasteiger partial charge in [-0.05, 0) is 59.4 Å². The van der Waals surface area contributed by atoms with Crippen molar-refractivity contribution in [1.82, 2.24) is 19.9 Å². The van der Waals surface area contributed by atoms with Crippen LogP contribution in [-0.2, 0) is 9.53 Å². The van der Waals surface area contributed by atoms with E-state index in [2.05, 4.69) is 25.6 Å². The number of thiazole rings is 1. The van der Waals surface area contributed by atoms with Crippen LogP contribution in [-0.4, -0.2) is 71.8 Å². The van der Waals surface area contributed by atoms with Crippen LogP contribution in [0.2, 0.25) is 0 Å². The minimum atomic E-state index is -1.71. The highest BCUT2D eigenvalue weighted by Crippen LogP contribution is 2.45. The number of aliphatic hydroxyl groups excluding tert-OH is 2. The molecule has 0 spiro atoms. The van der Waals surface area contributed by atoms with Crippen LogP contribution in [0.25, 0.3) is 20.8 Å². The standard InChI is InChI=1S/C26H34N6O5S/c1-13-18(23-30-20-16(38-23)8-10-27-19(20)14-5-6-14)22(32-26(36)9-7-15(12-33)21(26)35)31-24(29-13)28-11-17(34)37-25(2,3)4/h8,10,14-15,21,33,35-36H,5-7,9,11-12H2,1-4H3,(H2,28,29,31,32). The molecule has 3 aromatic heterocycles. The Hall–Kier alpha value is -2.93. The van der Waals surface area contributed by atoms with Crippen molar-refractivity contribution in [1.29, 1.82) is 0 Å². The minimum Gasteiger partial charge on any atom is -0.459 e. The van der Waals surface area contributed by atoms with Gasteiger partial charge in [-0.1, -0.05) is 0 Å². The third-order valence-electron chi connectivity index (χ3n) is 6.82. The van der Waals surface area contributed by atoms with Gasteiger partial charge >= 0.3 is 5.97 Å². The molecule has 11 nitrogen and oxygen atoms in total. The molecule has 0 aromatic carbocycles. The van der Waals surface area contributed by atoms with Crippen LogP contribution in [0.5, 0.6) is 0 Å². The maximum Gasteiger partial charge on any atom is 0.325 e. The van der Waals surface area contributed by atoms with Gasteiger partial charge in [-0.15, -0.1) is 11.3 Å². The van der Waals surface area contributed by atoms with Gasteiger partial charge in [0.25, 0.3) is 0 Å². The van der Waals surface area contributed by atoms with E-state index in [1.807, 2.05) is 6.07 Å². The number of pyridine rings is 1. The summed E-state index contributed by atoms with van der Waals surface area (Å²) in [5.74, 6) is -0.0644. The quantitative estimate of drug-likeness (QED) is 0.210. The van der Waals surface area contributed by atoms with Gasteiger partial charge in [-0.3, -0.25) is 9.78 Å². The maximum atomic E-state index is 12.3. The molecule has 3 unspecified atom stereocenters. The first-order valence-electron chi connectivity index (χ1n) is 12.9. The molecule has 0 bridgehead atoms. The highest BCUT2D eigenvalue weighted by atomic mass is 32.1. The molecule has 2 aliphatic carbocycles. The monoisotopic (exact) mass is 542 g/mol. The number of aliphatic hydroxyl groups is 3. The summed E-state index contributed by atoms with van der Waals surface area (Å²) >= 11 is 1.48. The van der Waals surface area contributed by atoms with Gasteiger partial charge < -0.3 is 30.7 Å². The number of anilines is 2. The molecule has 3 heterocycles. The SMILES string of the molecule is Cc1nc(NCC(=O)OC(C)(C)C)nc(NC2(O)CCC(CO)C2O)c1-c1nc2c(C3CC3)nccc2s1. The van der Waals surface area contributed by atoms with Crippen LogP contribution in [0, 0.1) is 12.8 Å². The molecule has 2 saturated carbocycles. The number of aromatic nitrogens is 4. The van der Waals surface area contributed by atoms with Gasteiger partial charge in [-0.25, -0.2) is 9.97 Å². The Labute approximate surface area is 224 Å². The van der Waals surface area contributed by atoms with E-state index < -0.39 is 29.3 Å². The van der Waals surface area contributed by atoms with E-state index >= 15 is 0 Å². The zero-order valence-electron chi connectivity index (χ0n) is 22.0. The molecule has 0 amide bonds. The van der Waals surface area contributed by atoms with Crippen molar-refractivity contribution < 1.29 is 24.9 Å². The first-order chi connectivity index (χ1) is 18.0. The van der Waals surface area contributed by atoms with Crippen LogP contribution in [0.3, 0.4) is 0 Å². The first-order valence-corrected chi connectivity index (χ1v) is 13.7. The van der Waals surface area contributed by atoms with Crippen LogP contribution >= 0.6 is 11.3 Å². The molecular formula is C26H34N6O5S. The predicted octanol–water partition coefficient (Wildman–Crippen LogP) is 2.95. The molecule has 38 heavy (non-hydrogen) atoms. The Kier molecular flexibility index (Phi) is 7.01. The minimum absolute atomic E-state index is 0.146. The summed E-state index contributed by atoms with van der Waals surface area (Å²) in [6, 6.07) is 1.93. The zero-order chi connectivity index (χ0) is 27.2. The van der Waals surface area contributed by atoms with Gasteiger partial charge in [0.15, 0.2) is 5.72 Å². The van der Waals surface area contributed by atoms with Crippen LogP contribution in [0.1, 0.15) is 63.8 Å². The third-order valence-corrected chi connectivity index (χ3v) is 7.85. The summed E-state index contributed by atoms with van der Waals surface area (Å²) < 4.78 is 6.36. The lowest BCUT2D eigenvalue weighted by atomic mass is 10.0. The average Bonchev–Trinajstić information content (AvgIpc) is 3.53. The van der Waals surface area contributed by atoms with Crippen molar-refractivity contribution >= 4 is 39.3 Å². The Bertz CT molecular complexity index is 1350. The largest absolute Gasteiger partial charge is 0.459 e. The van der Waals surface area contributed by atoms with Crippen molar-refractivity contribution in [2.45, 2.75) is 76.7 Å². The van der Waals surface area contributed by atoms with Gasteiger partial charge in [0.2, 0.25) is 5.95 Å². The number of carbonyl (C=O) groups is 1. The average molecular weight is 543 g/mol. The van der Waals surface area contributed by atoms with Gasteiger partial charge in [0, 0.05) is 24.6 Å². The molecule has 5 rings (SSSR count). The fraction of sp³-hybridized carbons (Fsp3) is 0.577. The Morgan fingerprint density at radius 2 is 2.00 bits per heavy atom. The van der Waals surface area contributed by atoms with Crippen molar-refractivity contribution in [2.24, 2.45) is 5.92 Å². The first kappa shape index (κ1) is 26.7. The number of ether oxygens (including phenoxy) is 1. The second kappa shape index (κ2) is 9.99. The van der Waals surface area contributed by atoms with Crippen molar-refractivity contribution in [3.05, 3.63) is 23.7 Å². The fourth-order valence-electron chi connectivity index (χ4n) is 4.80. The summed E-state index contributed by atoms with van der Waals surface area (Å²) in [5, 5.41) is 38.3. The van der Waals surface area contributed by atoms with Gasteiger partial charge in [0.1, 0.15) is 34.6 Å². The smallest absolute Gasteiger partial charge is 0.325 e. The van der Waals surface area contributed by atoms with Gasteiger partial charge in [-0.2, -0.15) is 4.98 Å². The number of nitrogens with zero attached hydrogens (tertiary/aromatic N) is 4. The number of rotatable bonds is 8. The van der Waals surface area contributed by atoms with E-state index in [0.717, 1.165) is 28.8 Å². The summed E-state index contributed by atoms with van der Waals surface area (Å²) in [6.07, 6.45) is 3.47. The molecule has 3 atom stereocenters. The number of fused-ring (bicyclic) bond motifs is 1. The molecule has 204 valence electrons. The van der Waals surface area contributed by atoms with E-state index in [-0.39, 0.29) is 31.3 Å². The lowest BCUT2D eigenvalue weighted by Gasteiger charge is -2.31. The summed E-state index contributed by atoms with van der Waals surface area (Å²) in [4.78, 5) is 30.9. The molecule has 5 N–H and O–H groups in total. The van der Waals surface area contributed by atoms with Crippen LogP contribution < -0.4 is 10.6 Å². The zero-order valence-corrected chi connectivity index (χ0v) is 22.8. The summed E-state index contributed by atoms with van der Waals surface area (Å²) in [5.41, 5.74) is 0.672. The Morgan fingerprint density at radius 3 is 2.66 bits per heavy atom. The molecule has 2 aliphatic rings. The predicted molar refractivity (Wildman–Crippen MR) is 144 cm³/mol. The van der Waals surface area contributed by atoms with Crippen LogP contribution in [0.4, 0.5) is 11.8 Å². The lowest BCUT2D eigenvalue weighted by Crippen LogP contribution is -2.48. The number of aryl methyl sites for hydroxylation is 1. The van der Waals surface area contributed by atoms with E-state index in [9.17, 15) is 20.1 Å². The Balaban J connectivity index is 1.52. The number of esters is 1. The van der Waals surface area contributed by atoms with Crippen molar-refractivity contribution in [3.63, 3.8) is 0 Å². The van der Waals surface area contributed by atoms with Gasteiger partial charge in [0.05, 0.1) is 21.7 Å². The number of nitrogens with one attached hydrogen (secondary N) is 2. The highest BCUT2D eigenvalue weighted by molar-refractivity contribution is 7.21. The van der Waals surface area contributed by atoms with Crippen molar-refractivity contribution in [2.75, 3.05) is 23.8 Å². The number of carbonyl (C=O) groups excluding carboxylic acids is 1. The molecule has 12 heteroatoms. The molecule has 0 radical (unpaired) electrons. The molecule has 3 aromatic rings. The lowest BCUT2D eigenvalue weighted by molar-refractivity contribution is -0.152. The molecular weight excluding hydrogens is 508 g/mol. The van der Waals surface area contributed by atoms with Crippen molar-refractivity contribution in [3.8, 4) is 10.6 Å². The maximum absolute atomic E-state index is 12.3. The van der Waals surface area contributed by atoms with Crippen LogP contribution in [0.15, 0.2) is 12.3 Å². The second-order valence-corrected chi connectivity index (χ2v) is 12.1. The third kappa shape index (κ3) is 5.44. The number of hydrogen-bond donors (Lipinski definition) is 5. The van der Waals surface area contributed by atoms with E-state index in [1.54, 1.807) is 33.9 Å². The topological polar surface area (TPSA) is 163 Å². The summed E-state index contributed by atoms with van der Waals surface area (Å²) in [6.45, 7) is 6.79. The Morgan fingerprint density at radius 1 is 1.24 bits per heavy atom. The highest BCUT2D eigenvalue weighted by Gasteiger charge is 2.47. The molecule has 0 saturated heterocycles. The fourth-order valence-corrected chi connectivity index (χ4v) is 5.87. The van der Waals surface area contributed by atoms with E-state index in [1.165, 1.54) is 11.3 Å². The summed E-state index contributed by atoms with van der Waals surface area (Å²) in [7, 11) is 0. The van der Waals surface area contributed by atoms with E-state index in [4.69, 9.17) is 9.72 Å². The van der Waals surface area contributed by atoms with E-state index in [0.29, 0.717) is 28.6 Å². The molecule has 0 aliphatic heterocycles. The molecule has 2 fully saturated rings. The number of hydrogen-bond acceptors (Lipinski definition) is 12. The second-order valence-electron chi connectivity index (χ2n) is 11.1.